The van der Waals surface area contributed by atoms with Gasteiger partial charge in [0, 0.05) is 6.07 Å². The van der Waals surface area contributed by atoms with E-state index in [0.717, 1.165) is 10.1 Å². The SMILES string of the molecule is CC(C)=Cc1nc2ccc(Cl)nn2c1[N+](=O)[O-]. The van der Waals surface area contributed by atoms with Crippen LogP contribution in [-0.2, 0) is 0 Å². The molecule has 0 spiro atoms. The second kappa shape index (κ2) is 4.14. The summed E-state index contributed by atoms with van der Waals surface area (Å²) >= 11 is 5.71. The van der Waals surface area contributed by atoms with Crippen molar-refractivity contribution in [2.24, 2.45) is 0 Å². The van der Waals surface area contributed by atoms with Crippen molar-refractivity contribution in [1.29, 1.82) is 0 Å². The second-order valence-corrected chi connectivity index (χ2v) is 4.11. The van der Waals surface area contributed by atoms with Crippen molar-refractivity contribution < 1.29 is 4.92 Å². The van der Waals surface area contributed by atoms with Crippen molar-refractivity contribution >= 4 is 29.1 Å². The summed E-state index contributed by atoms with van der Waals surface area (Å²) in [6.07, 6.45) is 1.64. The van der Waals surface area contributed by atoms with E-state index in [0.29, 0.717) is 5.65 Å². The van der Waals surface area contributed by atoms with Gasteiger partial charge in [-0.15, -0.1) is 0 Å². The van der Waals surface area contributed by atoms with Crippen LogP contribution in [0.2, 0.25) is 5.15 Å². The maximum absolute atomic E-state index is 11.0. The molecule has 0 N–H and O–H groups in total. The van der Waals surface area contributed by atoms with E-state index in [1.54, 1.807) is 18.2 Å². The summed E-state index contributed by atoms with van der Waals surface area (Å²) in [5, 5.41) is 15.1. The molecular weight excluding hydrogens is 244 g/mol. The van der Waals surface area contributed by atoms with Gasteiger partial charge in [-0.1, -0.05) is 26.8 Å². The first-order valence-corrected chi connectivity index (χ1v) is 5.21. The Morgan fingerprint density at radius 1 is 1.53 bits per heavy atom. The molecule has 0 saturated carbocycles. The molecule has 0 aliphatic heterocycles. The summed E-state index contributed by atoms with van der Waals surface area (Å²) in [4.78, 5) is 14.6. The minimum atomic E-state index is -0.516. The van der Waals surface area contributed by atoms with Crippen LogP contribution >= 0.6 is 11.6 Å². The highest BCUT2D eigenvalue weighted by atomic mass is 35.5. The number of fused-ring (bicyclic) bond motifs is 1. The molecule has 2 aromatic rings. The Morgan fingerprint density at radius 3 is 2.82 bits per heavy atom. The molecule has 6 nitrogen and oxygen atoms in total. The molecule has 7 heteroatoms. The Morgan fingerprint density at radius 2 is 2.24 bits per heavy atom. The second-order valence-electron chi connectivity index (χ2n) is 3.73. The first kappa shape index (κ1) is 11.5. The monoisotopic (exact) mass is 252 g/mol. The third kappa shape index (κ3) is 2.12. The van der Waals surface area contributed by atoms with Gasteiger partial charge >= 0.3 is 5.82 Å². The van der Waals surface area contributed by atoms with E-state index in [4.69, 9.17) is 11.6 Å². The number of allylic oxidation sites excluding steroid dienone is 1. The number of imidazole rings is 1. The van der Waals surface area contributed by atoms with Gasteiger partial charge in [0.2, 0.25) is 5.65 Å². The van der Waals surface area contributed by atoms with Gasteiger partial charge in [-0.05, 0) is 30.9 Å². The van der Waals surface area contributed by atoms with E-state index in [1.807, 2.05) is 13.8 Å². The summed E-state index contributed by atoms with van der Waals surface area (Å²) in [5.41, 5.74) is 1.60. The van der Waals surface area contributed by atoms with Gasteiger partial charge in [0.15, 0.2) is 10.8 Å². The van der Waals surface area contributed by atoms with Gasteiger partial charge in [0.1, 0.15) is 0 Å². The number of nitro groups is 1. The molecule has 0 radical (unpaired) electrons. The van der Waals surface area contributed by atoms with Crippen LogP contribution < -0.4 is 0 Å². The van der Waals surface area contributed by atoms with E-state index in [1.165, 1.54) is 0 Å². The molecule has 0 atom stereocenters. The van der Waals surface area contributed by atoms with Crippen LogP contribution in [0.1, 0.15) is 19.5 Å². The Labute approximate surface area is 102 Å². The lowest BCUT2D eigenvalue weighted by atomic mass is 10.3. The third-order valence-corrected chi connectivity index (χ3v) is 2.25. The van der Waals surface area contributed by atoms with Crippen LogP contribution in [0.5, 0.6) is 0 Å². The number of rotatable bonds is 2. The largest absolute Gasteiger partial charge is 0.376 e. The first-order valence-electron chi connectivity index (χ1n) is 4.83. The first-order chi connectivity index (χ1) is 7.99. The van der Waals surface area contributed by atoms with Crippen LogP contribution in [0.3, 0.4) is 0 Å². The van der Waals surface area contributed by atoms with Crippen LogP contribution in [0.4, 0.5) is 5.82 Å². The minimum Gasteiger partial charge on any atom is -0.358 e. The quantitative estimate of drug-likeness (QED) is 0.608. The maximum atomic E-state index is 11.0. The molecule has 0 aliphatic carbocycles. The molecule has 2 rings (SSSR count). The fourth-order valence-corrected chi connectivity index (χ4v) is 1.60. The van der Waals surface area contributed by atoms with E-state index in [-0.39, 0.29) is 16.7 Å². The summed E-state index contributed by atoms with van der Waals surface area (Å²) in [7, 11) is 0. The number of hydrogen-bond acceptors (Lipinski definition) is 4. The van der Waals surface area contributed by atoms with Crippen molar-refractivity contribution in [2.75, 3.05) is 0 Å². The van der Waals surface area contributed by atoms with E-state index in [2.05, 4.69) is 10.1 Å². The molecule has 88 valence electrons. The van der Waals surface area contributed by atoms with E-state index >= 15 is 0 Å². The minimum absolute atomic E-state index is 0.177. The highest BCUT2D eigenvalue weighted by Crippen LogP contribution is 2.22. The Kier molecular flexibility index (Phi) is 2.81. The van der Waals surface area contributed by atoms with Crippen molar-refractivity contribution in [3.8, 4) is 0 Å². The normalized spacial score (nSPS) is 10.5. The molecule has 2 aromatic heterocycles. The fraction of sp³-hybridized carbons (Fsp3) is 0.200. The molecule has 17 heavy (non-hydrogen) atoms. The predicted molar refractivity (Wildman–Crippen MR) is 64.0 cm³/mol. The number of nitrogens with zero attached hydrogens (tertiary/aromatic N) is 4. The maximum Gasteiger partial charge on any atom is 0.376 e. The zero-order valence-corrected chi connectivity index (χ0v) is 9.97. The Bertz CT molecular complexity index is 629. The van der Waals surface area contributed by atoms with Crippen molar-refractivity contribution in [2.45, 2.75) is 13.8 Å². The fourth-order valence-electron chi connectivity index (χ4n) is 1.46. The number of aromatic nitrogens is 3. The van der Waals surface area contributed by atoms with Gasteiger partial charge in [0.25, 0.3) is 0 Å². The molecular formula is C10H9ClN4O2. The van der Waals surface area contributed by atoms with Gasteiger partial charge in [0.05, 0.1) is 0 Å². The lowest BCUT2D eigenvalue weighted by Gasteiger charge is -1.94. The van der Waals surface area contributed by atoms with E-state index < -0.39 is 4.92 Å². The average molecular weight is 253 g/mol. The zero-order valence-electron chi connectivity index (χ0n) is 9.22. The molecule has 0 amide bonds. The van der Waals surface area contributed by atoms with Crippen LogP contribution in [0.15, 0.2) is 17.7 Å². The summed E-state index contributed by atoms with van der Waals surface area (Å²) in [6.45, 7) is 3.68. The standard InChI is InChI=1S/C10H9ClN4O2/c1-6(2)5-7-10(15(16)17)14-9(12-7)4-3-8(11)13-14/h3-5H,1-2H3. The molecule has 0 saturated heterocycles. The summed E-state index contributed by atoms with van der Waals surface area (Å²) < 4.78 is 1.14. The van der Waals surface area contributed by atoms with Gasteiger partial charge in [-0.2, -0.15) is 4.98 Å². The smallest absolute Gasteiger partial charge is 0.358 e. The number of halogens is 1. The molecule has 0 aromatic carbocycles. The van der Waals surface area contributed by atoms with Crippen molar-refractivity contribution in [3.63, 3.8) is 0 Å². The van der Waals surface area contributed by atoms with Crippen LogP contribution in [0.25, 0.3) is 11.7 Å². The van der Waals surface area contributed by atoms with Crippen molar-refractivity contribution in [1.82, 2.24) is 14.6 Å². The number of hydrogen-bond donors (Lipinski definition) is 0. The Balaban J connectivity index is 2.80. The molecule has 2 heterocycles. The summed E-state index contributed by atoms with van der Waals surface area (Å²) in [5.74, 6) is -0.177. The van der Waals surface area contributed by atoms with Crippen LogP contribution in [-0.4, -0.2) is 19.5 Å². The zero-order chi connectivity index (χ0) is 12.6. The molecule has 0 aliphatic rings. The van der Waals surface area contributed by atoms with Gasteiger partial charge in [-0.3, -0.25) is 0 Å². The van der Waals surface area contributed by atoms with Crippen LogP contribution in [0, 0.1) is 10.1 Å². The lowest BCUT2D eigenvalue weighted by molar-refractivity contribution is -0.391. The van der Waals surface area contributed by atoms with Gasteiger partial charge < -0.3 is 10.1 Å². The highest BCUT2D eigenvalue weighted by Gasteiger charge is 2.22. The molecule has 0 bridgehead atoms. The predicted octanol–water partition coefficient (Wildman–Crippen LogP) is 2.71. The van der Waals surface area contributed by atoms with Crippen molar-refractivity contribution in [3.05, 3.63) is 38.7 Å². The third-order valence-electron chi connectivity index (χ3n) is 2.05. The van der Waals surface area contributed by atoms with E-state index in [9.17, 15) is 10.1 Å². The van der Waals surface area contributed by atoms with Gasteiger partial charge in [-0.25, -0.2) is 0 Å². The molecule has 0 unspecified atom stereocenters. The lowest BCUT2D eigenvalue weighted by Crippen LogP contribution is -1.99. The average Bonchev–Trinajstić information content (AvgIpc) is 2.53. The highest BCUT2D eigenvalue weighted by molar-refractivity contribution is 6.29. The topological polar surface area (TPSA) is 73.3 Å². The molecule has 0 fully saturated rings. The Hall–Kier alpha value is -1.95. The summed E-state index contributed by atoms with van der Waals surface area (Å²) in [6, 6.07) is 3.13.